The number of carbonyl (C=O) groups is 1. The van der Waals surface area contributed by atoms with Gasteiger partial charge in [0.25, 0.3) is 5.91 Å². The number of halogens is 3. The first-order valence-electron chi connectivity index (χ1n) is 10.6. The monoisotopic (exact) mass is 620 g/mol. The Labute approximate surface area is 226 Å². The number of benzene rings is 3. The van der Waals surface area contributed by atoms with Gasteiger partial charge in [-0.15, -0.1) is 0 Å². The number of amides is 1. The summed E-state index contributed by atoms with van der Waals surface area (Å²) in [5, 5.41) is 4.79. The smallest absolute Gasteiger partial charge is 0.271 e. The van der Waals surface area contributed by atoms with E-state index in [9.17, 15) is 4.79 Å². The molecule has 182 valence electrons. The zero-order valence-electron chi connectivity index (χ0n) is 18.9. The minimum Gasteiger partial charge on any atom is -0.490 e. The lowest BCUT2D eigenvalue weighted by atomic mass is 10.2. The Kier molecular flexibility index (Phi) is 10.2. The summed E-state index contributed by atoms with van der Waals surface area (Å²) in [7, 11) is 0. The molecule has 0 saturated carbocycles. The summed E-state index contributed by atoms with van der Waals surface area (Å²) < 4.78 is 18.8. The summed E-state index contributed by atoms with van der Waals surface area (Å²) in [5.74, 6) is 1.20. The number of hydrogen-bond acceptors (Lipinski definition) is 5. The Hall–Kier alpha value is -2.81. The second kappa shape index (κ2) is 13.3. The number of hydrazone groups is 1. The minimum atomic E-state index is -0.393. The molecule has 0 fully saturated rings. The van der Waals surface area contributed by atoms with Gasteiger partial charge in [0.05, 0.1) is 17.3 Å². The predicted octanol–water partition coefficient (Wildman–Crippen LogP) is 7.17. The van der Waals surface area contributed by atoms with E-state index in [-0.39, 0.29) is 0 Å². The maximum Gasteiger partial charge on any atom is 0.271 e. The van der Waals surface area contributed by atoms with Crippen molar-refractivity contribution in [2.75, 3.05) is 13.2 Å². The molecule has 6 nitrogen and oxygen atoms in total. The van der Waals surface area contributed by atoms with Crippen LogP contribution in [0.1, 0.15) is 28.4 Å². The highest BCUT2D eigenvalue weighted by Gasteiger charge is 2.13. The standard InChI is InChI=1S/C26H23Br2ClN2O4/c1-3-11-34-23-10-7-18(13-24(23)33-4-2)26(32)31-30-15-19-12-20(27)14-22(28)25(19)35-16-17-5-8-21(29)9-6-17/h3,5-10,12-15H,1,4,11,16H2,2H3,(H,31,32)/b30-15+. The number of hydrogen-bond donors (Lipinski definition) is 1. The fourth-order valence-corrected chi connectivity index (χ4v) is 4.47. The maximum absolute atomic E-state index is 12.7. The SMILES string of the molecule is C=CCOc1ccc(C(=O)N/N=C/c2cc(Br)cc(Br)c2OCc2ccc(Cl)cc2)cc1OCC. The Balaban J connectivity index is 1.73. The van der Waals surface area contributed by atoms with Crippen LogP contribution >= 0.6 is 43.5 Å². The van der Waals surface area contributed by atoms with Crippen molar-refractivity contribution in [1.29, 1.82) is 0 Å². The summed E-state index contributed by atoms with van der Waals surface area (Å²) in [4.78, 5) is 12.7. The second-order valence-corrected chi connectivity index (χ2v) is 9.32. The molecule has 0 bridgehead atoms. The molecule has 9 heteroatoms. The zero-order valence-corrected chi connectivity index (χ0v) is 22.8. The highest BCUT2D eigenvalue weighted by atomic mass is 79.9. The van der Waals surface area contributed by atoms with Crippen molar-refractivity contribution >= 4 is 55.6 Å². The van der Waals surface area contributed by atoms with Crippen molar-refractivity contribution in [3.63, 3.8) is 0 Å². The molecule has 3 aromatic rings. The third-order valence-corrected chi connectivity index (χ3v) is 5.86. The van der Waals surface area contributed by atoms with Crippen molar-refractivity contribution in [2.24, 2.45) is 5.10 Å². The first-order valence-corrected chi connectivity index (χ1v) is 12.6. The molecule has 35 heavy (non-hydrogen) atoms. The van der Waals surface area contributed by atoms with Crippen LogP contribution < -0.4 is 19.6 Å². The van der Waals surface area contributed by atoms with Gasteiger partial charge in [-0.2, -0.15) is 5.10 Å². The van der Waals surface area contributed by atoms with Crippen LogP contribution in [0.25, 0.3) is 0 Å². The normalized spacial score (nSPS) is 10.7. The van der Waals surface area contributed by atoms with E-state index in [0.717, 1.165) is 14.5 Å². The molecule has 0 aliphatic heterocycles. The van der Waals surface area contributed by atoms with Crippen LogP contribution in [-0.2, 0) is 6.61 Å². The van der Waals surface area contributed by atoms with E-state index in [4.69, 9.17) is 25.8 Å². The maximum atomic E-state index is 12.7. The third kappa shape index (κ3) is 7.85. The lowest BCUT2D eigenvalue weighted by Gasteiger charge is -2.13. The average Bonchev–Trinajstić information content (AvgIpc) is 2.83. The van der Waals surface area contributed by atoms with Gasteiger partial charge in [-0.25, -0.2) is 5.43 Å². The molecule has 3 aromatic carbocycles. The molecule has 1 amide bonds. The Morgan fingerprint density at radius 2 is 1.83 bits per heavy atom. The van der Waals surface area contributed by atoms with Crippen LogP contribution in [0, 0.1) is 0 Å². The number of ether oxygens (including phenoxy) is 3. The Morgan fingerprint density at radius 1 is 1.06 bits per heavy atom. The number of nitrogens with zero attached hydrogens (tertiary/aromatic N) is 1. The van der Waals surface area contributed by atoms with E-state index < -0.39 is 5.91 Å². The van der Waals surface area contributed by atoms with E-state index in [1.54, 1.807) is 24.3 Å². The molecular weight excluding hydrogens is 600 g/mol. The van der Waals surface area contributed by atoms with E-state index >= 15 is 0 Å². The summed E-state index contributed by atoms with van der Waals surface area (Å²) in [6.07, 6.45) is 3.16. The van der Waals surface area contributed by atoms with Gasteiger partial charge in [-0.1, -0.05) is 52.3 Å². The van der Waals surface area contributed by atoms with Crippen LogP contribution in [0.2, 0.25) is 5.02 Å². The molecule has 0 saturated heterocycles. The fourth-order valence-electron chi connectivity index (χ4n) is 2.98. The van der Waals surface area contributed by atoms with Crippen LogP contribution in [0.5, 0.6) is 17.2 Å². The molecule has 0 aliphatic rings. The van der Waals surface area contributed by atoms with Crippen LogP contribution in [0.4, 0.5) is 0 Å². The highest BCUT2D eigenvalue weighted by Crippen LogP contribution is 2.33. The number of rotatable bonds is 11. The molecule has 1 N–H and O–H groups in total. The summed E-state index contributed by atoms with van der Waals surface area (Å²) in [6, 6.07) is 16.1. The molecule has 0 aromatic heterocycles. The van der Waals surface area contributed by atoms with Gasteiger partial charge >= 0.3 is 0 Å². The summed E-state index contributed by atoms with van der Waals surface area (Å²) in [5.41, 5.74) is 4.56. The molecule has 0 radical (unpaired) electrons. The molecule has 0 unspecified atom stereocenters. The molecular formula is C26H23Br2ClN2O4. The molecule has 0 atom stereocenters. The molecule has 0 aliphatic carbocycles. The van der Waals surface area contributed by atoms with Gasteiger partial charge in [0.2, 0.25) is 0 Å². The predicted molar refractivity (Wildman–Crippen MR) is 146 cm³/mol. The average molecular weight is 623 g/mol. The van der Waals surface area contributed by atoms with Crippen molar-refractivity contribution < 1.29 is 19.0 Å². The van der Waals surface area contributed by atoms with Gasteiger partial charge in [-0.05, 0) is 70.9 Å². The van der Waals surface area contributed by atoms with Gasteiger partial charge < -0.3 is 14.2 Å². The van der Waals surface area contributed by atoms with E-state index in [2.05, 4.69) is 49.0 Å². The Bertz CT molecular complexity index is 1220. The quantitative estimate of drug-likeness (QED) is 0.140. The van der Waals surface area contributed by atoms with Crippen molar-refractivity contribution in [3.05, 3.63) is 97.9 Å². The van der Waals surface area contributed by atoms with E-state index in [0.29, 0.717) is 53.2 Å². The minimum absolute atomic E-state index is 0.334. The molecule has 3 rings (SSSR count). The lowest BCUT2D eigenvalue weighted by Crippen LogP contribution is -2.18. The van der Waals surface area contributed by atoms with Gasteiger partial charge in [0.15, 0.2) is 11.5 Å². The van der Waals surface area contributed by atoms with Gasteiger partial charge in [0.1, 0.15) is 19.0 Å². The van der Waals surface area contributed by atoms with Crippen molar-refractivity contribution in [3.8, 4) is 17.2 Å². The second-order valence-electron chi connectivity index (χ2n) is 7.11. The topological polar surface area (TPSA) is 69.2 Å². The zero-order chi connectivity index (χ0) is 25.2. The Morgan fingerprint density at radius 3 is 2.54 bits per heavy atom. The van der Waals surface area contributed by atoms with E-state index in [1.165, 1.54) is 6.21 Å². The van der Waals surface area contributed by atoms with Gasteiger partial charge in [-0.3, -0.25) is 4.79 Å². The summed E-state index contributed by atoms with van der Waals surface area (Å²) >= 11 is 13.0. The lowest BCUT2D eigenvalue weighted by molar-refractivity contribution is 0.0954. The first kappa shape index (κ1) is 26.8. The van der Waals surface area contributed by atoms with Crippen LogP contribution in [0.3, 0.4) is 0 Å². The molecule has 0 heterocycles. The largest absolute Gasteiger partial charge is 0.490 e. The highest BCUT2D eigenvalue weighted by molar-refractivity contribution is 9.11. The van der Waals surface area contributed by atoms with Crippen LogP contribution in [-0.4, -0.2) is 25.3 Å². The summed E-state index contributed by atoms with van der Waals surface area (Å²) in [6.45, 7) is 6.60. The fraction of sp³-hybridized carbons (Fsp3) is 0.154. The first-order chi connectivity index (χ1) is 16.9. The third-order valence-electron chi connectivity index (χ3n) is 4.57. The molecule has 0 spiro atoms. The number of nitrogens with one attached hydrogen (secondary N) is 1. The van der Waals surface area contributed by atoms with Gasteiger partial charge in [0, 0.05) is 20.6 Å². The number of carbonyl (C=O) groups excluding carboxylic acids is 1. The van der Waals surface area contributed by atoms with Crippen molar-refractivity contribution in [2.45, 2.75) is 13.5 Å². The van der Waals surface area contributed by atoms with Crippen molar-refractivity contribution in [1.82, 2.24) is 5.43 Å². The van der Waals surface area contributed by atoms with Crippen LogP contribution in [0.15, 0.2) is 81.3 Å². The van der Waals surface area contributed by atoms with E-state index in [1.807, 2.05) is 43.3 Å².